The largest absolute Gasteiger partial charge is 0.487 e. The van der Waals surface area contributed by atoms with Crippen LogP contribution in [0.4, 0.5) is 10.5 Å². The van der Waals surface area contributed by atoms with Gasteiger partial charge in [-0.15, -0.1) is 0 Å². The van der Waals surface area contributed by atoms with Crippen molar-refractivity contribution in [3.05, 3.63) is 58.6 Å². The number of anilines is 1. The van der Waals surface area contributed by atoms with Crippen molar-refractivity contribution < 1.29 is 9.53 Å². The van der Waals surface area contributed by atoms with E-state index < -0.39 is 0 Å². The van der Waals surface area contributed by atoms with Gasteiger partial charge in [-0.05, 0) is 45.0 Å². The number of ether oxygens (including phenoxy) is 1. The molecule has 0 spiro atoms. The molecule has 1 aliphatic heterocycles. The number of urea groups is 1. The summed E-state index contributed by atoms with van der Waals surface area (Å²) in [7, 11) is 0. The second-order valence-corrected chi connectivity index (χ2v) is 7.20. The van der Waals surface area contributed by atoms with Crippen molar-refractivity contribution in [2.75, 3.05) is 5.32 Å². The fourth-order valence-corrected chi connectivity index (χ4v) is 3.18. The summed E-state index contributed by atoms with van der Waals surface area (Å²) < 4.78 is 6.03. The predicted molar refractivity (Wildman–Crippen MR) is 96.9 cm³/mol. The number of fused-ring (bicyclic) bond motifs is 1. The van der Waals surface area contributed by atoms with Gasteiger partial charge in [0.05, 0.1) is 6.04 Å². The maximum atomic E-state index is 12.4. The summed E-state index contributed by atoms with van der Waals surface area (Å²) >= 11 is 5.95. The van der Waals surface area contributed by atoms with E-state index in [1.54, 1.807) is 24.3 Å². The van der Waals surface area contributed by atoms with E-state index in [4.69, 9.17) is 16.3 Å². The minimum absolute atomic E-state index is 0.108. The van der Waals surface area contributed by atoms with Crippen molar-refractivity contribution in [2.24, 2.45) is 0 Å². The van der Waals surface area contributed by atoms with Crippen LogP contribution in [0.3, 0.4) is 0 Å². The van der Waals surface area contributed by atoms with Crippen molar-refractivity contribution in [1.82, 2.24) is 5.32 Å². The molecule has 0 saturated carbocycles. The van der Waals surface area contributed by atoms with E-state index in [-0.39, 0.29) is 17.7 Å². The highest BCUT2D eigenvalue weighted by molar-refractivity contribution is 6.30. The van der Waals surface area contributed by atoms with E-state index in [1.165, 1.54) is 0 Å². The molecule has 2 aromatic carbocycles. The average molecular weight is 345 g/mol. The lowest BCUT2D eigenvalue weighted by molar-refractivity contribution is 0.0682. The molecule has 0 saturated heterocycles. The number of carbonyl (C=O) groups is 1. The molecule has 2 aromatic rings. The molecule has 24 heavy (non-hydrogen) atoms. The second-order valence-electron chi connectivity index (χ2n) is 6.77. The third-order valence-corrected chi connectivity index (χ3v) is 4.25. The molecule has 126 valence electrons. The van der Waals surface area contributed by atoms with Crippen LogP contribution in [0.1, 0.15) is 37.4 Å². The predicted octanol–water partition coefficient (Wildman–Crippen LogP) is 5.07. The van der Waals surface area contributed by atoms with E-state index >= 15 is 0 Å². The lowest BCUT2D eigenvalue weighted by Crippen LogP contribution is -2.42. The zero-order valence-corrected chi connectivity index (χ0v) is 14.8. The van der Waals surface area contributed by atoms with Gasteiger partial charge in [0.15, 0.2) is 0 Å². The Hall–Kier alpha value is -2.20. The fraction of sp³-hybridized carbons (Fsp3) is 0.316. The Morgan fingerprint density at radius 3 is 2.79 bits per heavy atom. The van der Waals surface area contributed by atoms with Gasteiger partial charge in [0, 0.05) is 22.7 Å². The minimum Gasteiger partial charge on any atom is -0.487 e. The maximum absolute atomic E-state index is 12.4. The topological polar surface area (TPSA) is 50.4 Å². The Morgan fingerprint density at radius 1 is 1.25 bits per heavy atom. The maximum Gasteiger partial charge on any atom is 0.319 e. The lowest BCUT2D eigenvalue weighted by atomic mass is 9.89. The van der Waals surface area contributed by atoms with Crippen LogP contribution >= 0.6 is 11.6 Å². The quantitative estimate of drug-likeness (QED) is 0.798. The van der Waals surface area contributed by atoms with E-state index in [0.29, 0.717) is 17.1 Å². The number of hydrogen-bond acceptors (Lipinski definition) is 2. The van der Waals surface area contributed by atoms with E-state index in [2.05, 4.69) is 16.7 Å². The van der Waals surface area contributed by atoms with Crippen LogP contribution < -0.4 is 15.4 Å². The van der Waals surface area contributed by atoms with Gasteiger partial charge in [0.25, 0.3) is 0 Å². The molecule has 0 aromatic heterocycles. The van der Waals surface area contributed by atoms with Gasteiger partial charge >= 0.3 is 6.03 Å². The van der Waals surface area contributed by atoms with Crippen molar-refractivity contribution in [3.8, 4) is 5.75 Å². The molecule has 2 N–H and O–H groups in total. The van der Waals surface area contributed by atoms with Gasteiger partial charge in [-0.1, -0.05) is 35.4 Å². The molecule has 1 aliphatic rings. The average Bonchev–Trinajstić information content (AvgIpc) is 2.47. The summed E-state index contributed by atoms with van der Waals surface area (Å²) in [5, 5.41) is 6.46. The van der Waals surface area contributed by atoms with Gasteiger partial charge < -0.3 is 15.4 Å². The van der Waals surface area contributed by atoms with Crippen LogP contribution in [-0.2, 0) is 0 Å². The van der Waals surface area contributed by atoms with Crippen molar-refractivity contribution in [3.63, 3.8) is 0 Å². The van der Waals surface area contributed by atoms with Gasteiger partial charge in [-0.2, -0.15) is 0 Å². The molecule has 2 amide bonds. The molecular formula is C19H21ClN2O2. The smallest absolute Gasteiger partial charge is 0.319 e. The van der Waals surface area contributed by atoms with E-state index in [9.17, 15) is 4.79 Å². The molecule has 1 atom stereocenters. The van der Waals surface area contributed by atoms with Gasteiger partial charge in [0.2, 0.25) is 0 Å². The Balaban J connectivity index is 1.79. The molecule has 0 aliphatic carbocycles. The fourth-order valence-electron chi connectivity index (χ4n) is 2.99. The first-order valence-corrected chi connectivity index (χ1v) is 8.33. The first kappa shape index (κ1) is 16.7. The molecule has 5 heteroatoms. The Kier molecular flexibility index (Phi) is 4.41. The highest BCUT2D eigenvalue weighted by Gasteiger charge is 2.34. The lowest BCUT2D eigenvalue weighted by Gasteiger charge is -2.38. The summed E-state index contributed by atoms with van der Waals surface area (Å²) in [6.07, 6.45) is 0.701. The van der Waals surface area contributed by atoms with Crippen molar-refractivity contribution in [2.45, 2.75) is 38.8 Å². The van der Waals surface area contributed by atoms with Crippen LogP contribution in [0.15, 0.2) is 42.5 Å². The summed E-state index contributed by atoms with van der Waals surface area (Å²) in [6, 6.07) is 12.8. The highest BCUT2D eigenvalue weighted by atomic mass is 35.5. The normalized spacial score (nSPS) is 18.2. The molecule has 4 nitrogen and oxygen atoms in total. The SMILES string of the molecule is Cc1ccc2c(c1)[C@@H](NC(=O)Nc1cccc(Cl)c1)CC(C)(C)O2. The zero-order chi connectivity index (χ0) is 17.3. The Labute approximate surface area is 147 Å². The molecule has 0 fully saturated rings. The summed E-state index contributed by atoms with van der Waals surface area (Å²) in [4.78, 5) is 12.4. The second kappa shape index (κ2) is 6.36. The number of carbonyl (C=O) groups excluding carboxylic acids is 1. The standard InChI is InChI=1S/C19H21ClN2O2/c1-12-7-8-17-15(9-12)16(11-19(2,3)24-17)22-18(23)21-14-6-4-5-13(20)10-14/h4-10,16H,11H2,1-3H3,(H2,21,22,23)/t16-/m0/s1. The summed E-state index contributed by atoms with van der Waals surface area (Å²) in [5.41, 5.74) is 2.47. The number of benzene rings is 2. The van der Waals surface area contributed by atoms with Crippen LogP contribution in [-0.4, -0.2) is 11.6 Å². The minimum atomic E-state index is -0.337. The Morgan fingerprint density at radius 2 is 2.04 bits per heavy atom. The molecule has 3 rings (SSSR count). The van der Waals surface area contributed by atoms with E-state index in [1.807, 2.05) is 32.9 Å². The number of rotatable bonds is 2. The molecular weight excluding hydrogens is 324 g/mol. The highest BCUT2D eigenvalue weighted by Crippen LogP contribution is 2.39. The third-order valence-electron chi connectivity index (χ3n) is 4.01. The van der Waals surface area contributed by atoms with Crippen molar-refractivity contribution >= 4 is 23.3 Å². The monoisotopic (exact) mass is 344 g/mol. The Bertz CT molecular complexity index is 774. The summed E-state index contributed by atoms with van der Waals surface area (Å²) in [6.45, 7) is 6.09. The number of nitrogens with one attached hydrogen (secondary N) is 2. The number of halogens is 1. The van der Waals surface area contributed by atoms with Gasteiger partial charge in [-0.25, -0.2) is 4.79 Å². The van der Waals surface area contributed by atoms with Crippen LogP contribution in [0, 0.1) is 6.92 Å². The number of amides is 2. The van der Waals surface area contributed by atoms with E-state index in [0.717, 1.165) is 16.9 Å². The van der Waals surface area contributed by atoms with Crippen LogP contribution in [0.25, 0.3) is 0 Å². The molecule has 1 heterocycles. The van der Waals surface area contributed by atoms with Crippen LogP contribution in [0.2, 0.25) is 5.02 Å². The number of aryl methyl sites for hydroxylation is 1. The first-order chi connectivity index (χ1) is 11.3. The molecule has 0 unspecified atom stereocenters. The molecule has 0 bridgehead atoms. The van der Waals surface area contributed by atoms with Gasteiger partial charge in [0.1, 0.15) is 11.4 Å². The number of hydrogen-bond donors (Lipinski definition) is 2. The molecule has 0 radical (unpaired) electrons. The van der Waals surface area contributed by atoms with Crippen LogP contribution in [0.5, 0.6) is 5.75 Å². The summed E-state index contributed by atoms with van der Waals surface area (Å²) in [5.74, 6) is 0.824. The van der Waals surface area contributed by atoms with Gasteiger partial charge in [-0.3, -0.25) is 0 Å². The first-order valence-electron chi connectivity index (χ1n) is 7.95. The third kappa shape index (κ3) is 3.82. The van der Waals surface area contributed by atoms with Crippen molar-refractivity contribution in [1.29, 1.82) is 0 Å². The zero-order valence-electron chi connectivity index (χ0n) is 14.0.